The van der Waals surface area contributed by atoms with Gasteiger partial charge in [-0.15, -0.1) is 12.6 Å². The van der Waals surface area contributed by atoms with Gasteiger partial charge in [0.2, 0.25) is 0 Å². The zero-order valence-electron chi connectivity index (χ0n) is 7.01. The van der Waals surface area contributed by atoms with Crippen molar-refractivity contribution in [1.29, 1.82) is 0 Å². The Morgan fingerprint density at radius 3 is 2.62 bits per heavy atom. The number of thiol groups is 1. The zero-order valence-corrected chi connectivity index (χ0v) is 7.91. The first kappa shape index (κ1) is 9.86. The molecular formula is C10H10O2S. The lowest BCUT2D eigenvalue weighted by Crippen LogP contribution is -2.03. The van der Waals surface area contributed by atoms with Gasteiger partial charge >= 0.3 is 5.97 Å². The minimum absolute atomic E-state index is 0.469. The summed E-state index contributed by atoms with van der Waals surface area (Å²) in [5.74, 6) is -0.469. The summed E-state index contributed by atoms with van der Waals surface area (Å²) in [6.07, 6.45) is 1.12. The van der Waals surface area contributed by atoms with E-state index in [1.165, 1.54) is 0 Å². The number of carbonyl (C=O) groups excluding carboxylic acids is 1. The summed E-state index contributed by atoms with van der Waals surface area (Å²) in [5, 5.41) is 0. The maximum atomic E-state index is 10.8. The predicted octanol–water partition coefficient (Wildman–Crippen LogP) is 2.34. The molecule has 13 heavy (non-hydrogen) atoms. The molecule has 0 bridgehead atoms. The molecule has 0 heterocycles. The van der Waals surface area contributed by atoms with Crippen LogP contribution in [0.4, 0.5) is 0 Å². The Kier molecular flexibility index (Phi) is 3.58. The molecule has 0 fully saturated rings. The molecule has 0 aromatic heterocycles. The normalized spacial score (nSPS) is 11.8. The first-order valence-corrected chi connectivity index (χ1v) is 4.31. The van der Waals surface area contributed by atoms with E-state index in [1.54, 1.807) is 0 Å². The molecule has 2 nitrogen and oxygen atoms in total. The van der Waals surface area contributed by atoms with E-state index < -0.39 is 11.4 Å². The molecule has 1 rings (SSSR count). The summed E-state index contributed by atoms with van der Waals surface area (Å²) < 4.78 is 4.89. The molecule has 0 aliphatic rings. The number of benzene rings is 1. The number of esters is 1. The van der Waals surface area contributed by atoms with Crippen molar-refractivity contribution >= 4 is 18.6 Å². The third-order valence-corrected chi connectivity index (χ3v) is 1.88. The van der Waals surface area contributed by atoms with Crippen LogP contribution in [0.5, 0.6) is 0 Å². The number of hydrogen-bond acceptors (Lipinski definition) is 3. The van der Waals surface area contributed by atoms with Crippen molar-refractivity contribution in [3.63, 3.8) is 0 Å². The molecule has 68 valence electrons. The van der Waals surface area contributed by atoms with Gasteiger partial charge in [0.05, 0.1) is 0 Å². The highest BCUT2D eigenvalue weighted by Crippen LogP contribution is 2.20. The van der Waals surface area contributed by atoms with Crippen LogP contribution in [-0.2, 0) is 9.53 Å². The van der Waals surface area contributed by atoms with E-state index >= 15 is 0 Å². The fraction of sp³-hybridized carbons (Fsp3) is 0.100. The summed E-state index contributed by atoms with van der Waals surface area (Å²) >= 11 is 4.12. The van der Waals surface area contributed by atoms with Crippen molar-refractivity contribution in [2.75, 3.05) is 0 Å². The molecule has 0 radical (unpaired) electrons. The van der Waals surface area contributed by atoms with Crippen LogP contribution >= 0.6 is 12.6 Å². The molecule has 3 heteroatoms. The van der Waals surface area contributed by atoms with Crippen molar-refractivity contribution < 1.29 is 9.53 Å². The van der Waals surface area contributed by atoms with E-state index in [2.05, 4.69) is 19.2 Å². The van der Waals surface area contributed by atoms with Crippen LogP contribution in [0.3, 0.4) is 0 Å². The Balaban J connectivity index is 2.63. The quantitative estimate of drug-likeness (QED) is 0.346. The maximum absolute atomic E-state index is 10.8. The number of ether oxygens (including phenoxy) is 1. The van der Waals surface area contributed by atoms with Gasteiger partial charge in [-0.05, 0) is 0 Å². The molecule has 1 atom stereocenters. The highest BCUT2D eigenvalue weighted by Gasteiger charge is 2.08. The van der Waals surface area contributed by atoms with Crippen molar-refractivity contribution in [1.82, 2.24) is 0 Å². The van der Waals surface area contributed by atoms with Crippen LogP contribution in [0.15, 0.2) is 43.0 Å². The SMILES string of the molecule is C=CC(=O)OC(S)c1ccccc1. The van der Waals surface area contributed by atoms with Gasteiger partial charge in [0.15, 0.2) is 5.44 Å². The molecule has 0 amide bonds. The molecule has 0 saturated carbocycles. The van der Waals surface area contributed by atoms with Gasteiger partial charge in [-0.25, -0.2) is 4.79 Å². The van der Waals surface area contributed by atoms with E-state index in [-0.39, 0.29) is 0 Å². The van der Waals surface area contributed by atoms with E-state index in [0.717, 1.165) is 11.6 Å². The van der Waals surface area contributed by atoms with Crippen molar-refractivity contribution in [2.24, 2.45) is 0 Å². The molecule has 1 unspecified atom stereocenters. The van der Waals surface area contributed by atoms with E-state index in [1.807, 2.05) is 30.3 Å². The fourth-order valence-corrected chi connectivity index (χ4v) is 1.12. The van der Waals surface area contributed by atoms with Gasteiger partial charge in [-0.3, -0.25) is 0 Å². The van der Waals surface area contributed by atoms with E-state index in [9.17, 15) is 4.79 Å². The third kappa shape index (κ3) is 2.95. The van der Waals surface area contributed by atoms with Crippen LogP contribution in [0.2, 0.25) is 0 Å². The summed E-state index contributed by atoms with van der Waals surface area (Å²) in [7, 11) is 0. The van der Waals surface area contributed by atoms with Gasteiger partial charge in [0.1, 0.15) is 0 Å². The predicted molar refractivity (Wildman–Crippen MR) is 54.5 cm³/mol. The van der Waals surface area contributed by atoms with Crippen LogP contribution in [0.25, 0.3) is 0 Å². The lowest BCUT2D eigenvalue weighted by atomic mass is 10.2. The fourth-order valence-electron chi connectivity index (χ4n) is 0.844. The van der Waals surface area contributed by atoms with Crippen LogP contribution in [0.1, 0.15) is 11.0 Å². The van der Waals surface area contributed by atoms with E-state index in [4.69, 9.17) is 4.74 Å². The second kappa shape index (κ2) is 4.72. The van der Waals surface area contributed by atoms with Crippen LogP contribution < -0.4 is 0 Å². The molecule has 0 aliphatic carbocycles. The zero-order chi connectivity index (χ0) is 9.68. The van der Waals surface area contributed by atoms with Gasteiger partial charge in [0, 0.05) is 11.6 Å². The summed E-state index contributed by atoms with van der Waals surface area (Å²) in [4.78, 5) is 10.8. The molecule has 1 aromatic rings. The molecule has 0 saturated heterocycles. The molecular weight excluding hydrogens is 184 g/mol. The highest BCUT2D eigenvalue weighted by atomic mass is 32.1. The topological polar surface area (TPSA) is 26.3 Å². The first-order valence-electron chi connectivity index (χ1n) is 3.80. The monoisotopic (exact) mass is 194 g/mol. The summed E-state index contributed by atoms with van der Waals surface area (Å²) in [6, 6.07) is 9.29. The molecule has 0 aliphatic heterocycles. The smallest absolute Gasteiger partial charge is 0.331 e. The van der Waals surface area contributed by atoms with Crippen molar-refractivity contribution in [2.45, 2.75) is 5.44 Å². The van der Waals surface area contributed by atoms with E-state index in [0.29, 0.717) is 0 Å². The van der Waals surface area contributed by atoms with Crippen LogP contribution in [-0.4, -0.2) is 5.97 Å². The number of rotatable bonds is 3. The molecule has 1 aromatic carbocycles. The van der Waals surface area contributed by atoms with Crippen molar-refractivity contribution in [3.8, 4) is 0 Å². The second-order valence-corrected chi connectivity index (χ2v) is 2.87. The summed E-state index contributed by atoms with van der Waals surface area (Å²) in [5.41, 5.74) is 0.327. The Morgan fingerprint density at radius 1 is 1.46 bits per heavy atom. The first-order chi connectivity index (χ1) is 6.24. The maximum Gasteiger partial charge on any atom is 0.331 e. The minimum atomic E-state index is -0.522. The Hall–Kier alpha value is -1.22. The Morgan fingerprint density at radius 2 is 2.08 bits per heavy atom. The Bertz CT molecular complexity index is 295. The van der Waals surface area contributed by atoms with Gasteiger partial charge in [0.25, 0.3) is 0 Å². The van der Waals surface area contributed by atoms with Crippen LogP contribution in [0, 0.1) is 0 Å². The molecule has 0 spiro atoms. The average Bonchev–Trinajstić information content (AvgIpc) is 2.19. The average molecular weight is 194 g/mol. The second-order valence-electron chi connectivity index (χ2n) is 2.40. The highest BCUT2D eigenvalue weighted by molar-refractivity contribution is 7.80. The lowest BCUT2D eigenvalue weighted by Gasteiger charge is -2.10. The Labute approximate surface area is 82.6 Å². The van der Waals surface area contributed by atoms with Gasteiger partial charge in [-0.1, -0.05) is 36.9 Å². The lowest BCUT2D eigenvalue weighted by molar-refractivity contribution is -0.139. The van der Waals surface area contributed by atoms with Crippen molar-refractivity contribution in [3.05, 3.63) is 48.6 Å². The molecule has 0 N–H and O–H groups in total. The minimum Gasteiger partial charge on any atom is -0.443 e. The third-order valence-electron chi connectivity index (χ3n) is 1.48. The largest absolute Gasteiger partial charge is 0.443 e. The standard InChI is InChI=1S/C10H10O2S/c1-2-9(11)12-10(13)8-6-4-3-5-7-8/h2-7,10,13H,1H2. The van der Waals surface area contributed by atoms with Gasteiger partial charge < -0.3 is 4.74 Å². The number of carbonyl (C=O) groups is 1. The van der Waals surface area contributed by atoms with Gasteiger partial charge in [-0.2, -0.15) is 0 Å². The summed E-state index contributed by atoms with van der Waals surface area (Å²) in [6.45, 7) is 3.30. The number of hydrogen-bond donors (Lipinski definition) is 1.